The summed E-state index contributed by atoms with van der Waals surface area (Å²) in [5.74, 6) is 2.67. The number of hydrogen-bond acceptors (Lipinski definition) is 1. The smallest absolute Gasteiger partial charge is 0.112 e. The fourth-order valence-electron chi connectivity index (χ4n) is 6.15. The van der Waals surface area contributed by atoms with Gasteiger partial charge in [-0.1, -0.05) is 133 Å². The summed E-state index contributed by atoms with van der Waals surface area (Å²) in [7, 11) is 0. The van der Waals surface area contributed by atoms with Crippen molar-refractivity contribution < 1.29 is 4.42 Å². The molecule has 1 heterocycles. The van der Waals surface area contributed by atoms with Crippen LogP contribution in [0.3, 0.4) is 0 Å². The summed E-state index contributed by atoms with van der Waals surface area (Å²) in [6, 6.07) is 2.08. The zero-order valence-electron chi connectivity index (χ0n) is 28.7. The fourth-order valence-corrected chi connectivity index (χ4v) is 6.15. The van der Waals surface area contributed by atoms with Gasteiger partial charge in [-0.05, 0) is 84.7 Å². The van der Waals surface area contributed by atoms with E-state index in [-0.39, 0.29) is 10.8 Å². The van der Waals surface area contributed by atoms with Gasteiger partial charge in [0.15, 0.2) is 0 Å². The van der Waals surface area contributed by atoms with Crippen molar-refractivity contribution in [3.05, 3.63) is 45.9 Å². The van der Waals surface area contributed by atoms with Gasteiger partial charge in [0.1, 0.15) is 5.76 Å². The topological polar surface area (TPSA) is 13.1 Å². The molecule has 0 amide bonds. The van der Waals surface area contributed by atoms with Crippen molar-refractivity contribution in [3.8, 4) is 0 Å². The maximum Gasteiger partial charge on any atom is 0.112 e. The Hall–Kier alpha value is -1.24. The normalized spacial score (nSPS) is 17.5. The molecule has 0 bridgehead atoms. The van der Waals surface area contributed by atoms with Crippen LogP contribution in [0.15, 0.2) is 39.0 Å². The average Bonchev–Trinajstić information content (AvgIpc) is 3.43. The first kappa shape index (κ1) is 34.8. The molecule has 0 saturated heterocycles. The van der Waals surface area contributed by atoms with Gasteiger partial charge in [-0.25, -0.2) is 0 Å². The van der Waals surface area contributed by atoms with Crippen molar-refractivity contribution in [1.29, 1.82) is 0 Å². The van der Waals surface area contributed by atoms with Gasteiger partial charge in [0, 0.05) is 5.41 Å². The molecule has 0 aliphatic heterocycles. The summed E-state index contributed by atoms with van der Waals surface area (Å²) in [5.41, 5.74) is 9.34. The van der Waals surface area contributed by atoms with Crippen molar-refractivity contribution in [2.75, 3.05) is 0 Å². The molecule has 2 aliphatic rings. The second-order valence-corrected chi connectivity index (χ2v) is 16.5. The molecular formula is C37H66O. The van der Waals surface area contributed by atoms with E-state index in [2.05, 4.69) is 117 Å². The highest BCUT2D eigenvalue weighted by Gasteiger charge is 2.31. The van der Waals surface area contributed by atoms with Crippen LogP contribution >= 0.6 is 0 Å². The van der Waals surface area contributed by atoms with E-state index in [4.69, 9.17) is 4.42 Å². The molecular weight excluding hydrogens is 460 g/mol. The summed E-state index contributed by atoms with van der Waals surface area (Å²) in [6.45, 7) is 36.6. The lowest BCUT2D eigenvalue weighted by Gasteiger charge is -2.29. The third-order valence-corrected chi connectivity index (χ3v) is 8.13. The fraction of sp³-hybridized carbons (Fsp3) is 0.784. The van der Waals surface area contributed by atoms with Gasteiger partial charge in [0.25, 0.3) is 0 Å². The predicted octanol–water partition coefficient (Wildman–Crippen LogP) is 12.6. The zero-order valence-corrected chi connectivity index (χ0v) is 28.7. The number of rotatable bonds is 2. The zero-order chi connectivity index (χ0) is 29.7. The summed E-state index contributed by atoms with van der Waals surface area (Å²) in [4.78, 5) is 0. The minimum atomic E-state index is 0.103. The first-order valence-electron chi connectivity index (χ1n) is 15.6. The van der Waals surface area contributed by atoms with Crippen LogP contribution < -0.4 is 0 Å². The van der Waals surface area contributed by atoms with Crippen LogP contribution in [0.4, 0.5) is 0 Å². The number of allylic oxidation sites excluding steroid dienone is 4. The molecule has 0 fully saturated rings. The highest BCUT2D eigenvalue weighted by molar-refractivity contribution is 5.30. The molecule has 0 aromatic carbocycles. The third-order valence-electron chi connectivity index (χ3n) is 8.13. The van der Waals surface area contributed by atoms with E-state index < -0.39 is 0 Å². The number of furan rings is 1. The standard InChI is InChI=1S/C13H24.C12H20O.C12H22/c1-12(2,3)10-8-7-9-11(10)13(4,5)6;1-11(2,3)9-7-8-13-10(9)12(4,5)6;1-9(2)11-7-5-6-8-12(11)10(3)4/h7-9H2,1-6H3;7-8H,1-6H3;9-10H,5-8H2,1-4H3. The summed E-state index contributed by atoms with van der Waals surface area (Å²) in [5, 5.41) is 0. The Labute approximate surface area is 239 Å². The molecule has 0 N–H and O–H groups in total. The van der Waals surface area contributed by atoms with E-state index in [0.717, 1.165) is 17.6 Å². The average molecular weight is 527 g/mol. The maximum absolute atomic E-state index is 5.56. The Bertz CT molecular complexity index is 845. The maximum atomic E-state index is 5.56. The second kappa shape index (κ2) is 13.4. The molecule has 38 heavy (non-hydrogen) atoms. The lowest BCUT2D eigenvalue weighted by Crippen LogP contribution is -2.19. The number of hydrogen-bond donors (Lipinski definition) is 0. The summed E-state index contributed by atoms with van der Waals surface area (Å²) in [6.07, 6.45) is 11.4. The van der Waals surface area contributed by atoms with Gasteiger partial charge in [0.05, 0.1) is 6.26 Å². The van der Waals surface area contributed by atoms with Crippen molar-refractivity contribution in [2.24, 2.45) is 22.7 Å². The molecule has 0 radical (unpaired) electrons. The van der Waals surface area contributed by atoms with Crippen molar-refractivity contribution in [3.63, 3.8) is 0 Å². The minimum Gasteiger partial charge on any atom is -0.468 e. The highest BCUT2D eigenvalue weighted by atomic mass is 16.3. The van der Waals surface area contributed by atoms with Crippen molar-refractivity contribution in [1.82, 2.24) is 0 Å². The van der Waals surface area contributed by atoms with E-state index in [9.17, 15) is 0 Å². The van der Waals surface area contributed by atoms with Gasteiger partial charge < -0.3 is 4.42 Å². The molecule has 1 nitrogen and oxygen atoms in total. The molecule has 0 unspecified atom stereocenters. The van der Waals surface area contributed by atoms with Gasteiger partial charge >= 0.3 is 0 Å². The molecule has 1 aromatic heterocycles. The van der Waals surface area contributed by atoms with E-state index >= 15 is 0 Å². The molecule has 1 heteroatoms. The van der Waals surface area contributed by atoms with Crippen LogP contribution in [0.5, 0.6) is 0 Å². The predicted molar refractivity (Wildman–Crippen MR) is 171 cm³/mol. The van der Waals surface area contributed by atoms with Crippen LogP contribution in [0.25, 0.3) is 0 Å². The van der Waals surface area contributed by atoms with E-state index in [0.29, 0.717) is 10.8 Å². The largest absolute Gasteiger partial charge is 0.468 e. The lowest BCUT2D eigenvalue weighted by molar-refractivity contribution is 0.392. The van der Waals surface area contributed by atoms with Gasteiger partial charge in [-0.15, -0.1) is 0 Å². The summed E-state index contributed by atoms with van der Waals surface area (Å²) >= 11 is 0. The van der Waals surface area contributed by atoms with Crippen molar-refractivity contribution >= 4 is 0 Å². The van der Waals surface area contributed by atoms with Crippen molar-refractivity contribution in [2.45, 2.75) is 167 Å². The molecule has 0 atom stereocenters. The quantitative estimate of drug-likeness (QED) is 0.349. The highest BCUT2D eigenvalue weighted by Crippen LogP contribution is 2.45. The van der Waals surface area contributed by atoms with E-state index in [1.165, 1.54) is 50.5 Å². The van der Waals surface area contributed by atoms with Crippen LogP contribution in [0.2, 0.25) is 0 Å². The Kier molecular flexibility index (Phi) is 12.3. The van der Waals surface area contributed by atoms with Crippen LogP contribution in [-0.4, -0.2) is 0 Å². The Morgan fingerprint density at radius 3 is 1.18 bits per heavy atom. The second-order valence-electron chi connectivity index (χ2n) is 16.5. The molecule has 220 valence electrons. The third kappa shape index (κ3) is 10.4. The Morgan fingerprint density at radius 2 is 0.921 bits per heavy atom. The van der Waals surface area contributed by atoms with Crippen LogP contribution in [0, 0.1) is 22.7 Å². The van der Waals surface area contributed by atoms with E-state index in [1.54, 1.807) is 28.6 Å². The monoisotopic (exact) mass is 527 g/mol. The van der Waals surface area contributed by atoms with Crippen LogP contribution in [-0.2, 0) is 10.8 Å². The lowest BCUT2D eigenvalue weighted by atomic mass is 9.76. The Morgan fingerprint density at radius 1 is 0.526 bits per heavy atom. The molecule has 0 spiro atoms. The van der Waals surface area contributed by atoms with Crippen LogP contribution in [0.1, 0.15) is 167 Å². The minimum absolute atomic E-state index is 0.103. The molecule has 1 aromatic rings. The molecule has 3 rings (SSSR count). The first-order valence-corrected chi connectivity index (χ1v) is 15.6. The van der Waals surface area contributed by atoms with Gasteiger partial charge in [0.2, 0.25) is 0 Å². The first-order chi connectivity index (χ1) is 17.1. The van der Waals surface area contributed by atoms with Gasteiger partial charge in [-0.3, -0.25) is 0 Å². The van der Waals surface area contributed by atoms with Gasteiger partial charge in [-0.2, -0.15) is 0 Å². The molecule has 2 aliphatic carbocycles. The SMILES string of the molecule is CC(C)(C)C1=C(C(C)(C)C)CCC1.CC(C)(C)c1ccoc1C(C)(C)C.CC(C)C1=C(C(C)C)CCCC1. The summed E-state index contributed by atoms with van der Waals surface area (Å²) < 4.78 is 5.56. The molecule has 0 saturated carbocycles. The van der Waals surface area contributed by atoms with E-state index in [1.807, 2.05) is 0 Å². The Balaban J connectivity index is 0.000000285.